The molecule has 1 aliphatic rings. The van der Waals surface area contributed by atoms with Gasteiger partial charge in [-0.05, 0) is 18.9 Å². The smallest absolute Gasteiger partial charge is 0.232 e. The van der Waals surface area contributed by atoms with Crippen molar-refractivity contribution in [3.63, 3.8) is 0 Å². The maximum atomic E-state index is 9.22. The molecule has 0 N–H and O–H groups in total. The topological polar surface area (TPSA) is 74.9 Å². The third kappa shape index (κ3) is 3.31. The summed E-state index contributed by atoms with van der Waals surface area (Å²) < 4.78 is 5.71. The van der Waals surface area contributed by atoms with Crippen molar-refractivity contribution in [2.75, 3.05) is 24.6 Å². The average Bonchev–Trinajstić information content (AvgIpc) is 2.61. The first-order chi connectivity index (χ1) is 10.9. The molecule has 0 aliphatic carbocycles. The van der Waals surface area contributed by atoms with Crippen molar-refractivity contribution >= 4 is 5.69 Å². The summed E-state index contributed by atoms with van der Waals surface area (Å²) in [5.74, 6) is 0.959. The van der Waals surface area contributed by atoms with Crippen LogP contribution in [0.1, 0.15) is 18.4 Å². The second-order valence-corrected chi connectivity index (χ2v) is 5.31. The van der Waals surface area contributed by atoms with Gasteiger partial charge in [0.05, 0.1) is 30.3 Å². The Hall–Kier alpha value is -2.68. The van der Waals surface area contributed by atoms with E-state index in [1.165, 1.54) is 0 Å². The van der Waals surface area contributed by atoms with Crippen LogP contribution in [0.2, 0.25) is 0 Å². The zero-order valence-electron chi connectivity index (χ0n) is 12.2. The number of pyridine rings is 1. The minimum atomic E-state index is 0.405. The summed E-state index contributed by atoms with van der Waals surface area (Å²) in [6.07, 6.45) is 10.5. The van der Waals surface area contributed by atoms with Gasteiger partial charge in [-0.3, -0.25) is 9.97 Å². The van der Waals surface area contributed by atoms with Crippen molar-refractivity contribution in [1.82, 2.24) is 15.0 Å². The summed E-state index contributed by atoms with van der Waals surface area (Å²) in [4.78, 5) is 14.5. The number of nitrogens with zero attached hydrogens (tertiary/aromatic N) is 5. The molecule has 1 unspecified atom stereocenters. The average molecular weight is 295 g/mol. The Labute approximate surface area is 129 Å². The van der Waals surface area contributed by atoms with E-state index in [1.807, 2.05) is 0 Å². The molecule has 1 saturated heterocycles. The van der Waals surface area contributed by atoms with E-state index in [0.29, 0.717) is 24.0 Å². The van der Waals surface area contributed by atoms with Gasteiger partial charge in [0.15, 0.2) is 0 Å². The lowest BCUT2D eigenvalue weighted by Crippen LogP contribution is -2.38. The molecule has 1 aliphatic heterocycles. The standard InChI is InChI=1S/C16H17N5O/c17-8-14-3-4-18-9-15(14)21-7-1-2-13(11-21)12-22-16-10-19-5-6-20-16/h3-6,9-10,13H,1-2,7,11-12H2. The third-order valence-electron chi connectivity index (χ3n) is 3.79. The first kappa shape index (κ1) is 14.3. The van der Waals surface area contributed by atoms with Gasteiger partial charge in [-0.1, -0.05) is 0 Å². The summed E-state index contributed by atoms with van der Waals surface area (Å²) in [6.45, 7) is 2.42. The SMILES string of the molecule is N#Cc1ccncc1N1CCCC(COc2cnccn2)C1. The first-order valence-corrected chi connectivity index (χ1v) is 7.34. The van der Waals surface area contributed by atoms with Gasteiger partial charge in [0.25, 0.3) is 0 Å². The molecule has 1 fully saturated rings. The quantitative estimate of drug-likeness (QED) is 0.859. The molecular weight excluding hydrogens is 278 g/mol. The lowest BCUT2D eigenvalue weighted by molar-refractivity contribution is 0.221. The Morgan fingerprint density at radius 3 is 3.00 bits per heavy atom. The van der Waals surface area contributed by atoms with Crippen LogP contribution in [0.25, 0.3) is 0 Å². The Balaban J connectivity index is 1.63. The van der Waals surface area contributed by atoms with Crippen LogP contribution in [0.4, 0.5) is 5.69 Å². The van der Waals surface area contributed by atoms with Crippen molar-refractivity contribution in [2.45, 2.75) is 12.8 Å². The Kier molecular flexibility index (Phi) is 4.44. The van der Waals surface area contributed by atoms with Crippen molar-refractivity contribution in [3.05, 3.63) is 42.6 Å². The molecule has 6 heteroatoms. The second kappa shape index (κ2) is 6.85. The first-order valence-electron chi connectivity index (χ1n) is 7.34. The van der Waals surface area contributed by atoms with Crippen molar-refractivity contribution in [3.8, 4) is 11.9 Å². The van der Waals surface area contributed by atoms with Crippen LogP contribution >= 0.6 is 0 Å². The van der Waals surface area contributed by atoms with Crippen LogP contribution in [0.3, 0.4) is 0 Å². The Morgan fingerprint density at radius 2 is 2.18 bits per heavy atom. The van der Waals surface area contributed by atoms with Gasteiger partial charge in [-0.15, -0.1) is 0 Å². The van der Waals surface area contributed by atoms with Gasteiger partial charge in [0.1, 0.15) is 6.07 Å². The van der Waals surface area contributed by atoms with Crippen LogP contribution in [-0.4, -0.2) is 34.6 Å². The van der Waals surface area contributed by atoms with Crippen LogP contribution in [-0.2, 0) is 0 Å². The fourth-order valence-electron chi connectivity index (χ4n) is 2.72. The number of hydrogen-bond donors (Lipinski definition) is 0. The maximum Gasteiger partial charge on any atom is 0.232 e. The van der Waals surface area contributed by atoms with E-state index >= 15 is 0 Å². The lowest BCUT2D eigenvalue weighted by Gasteiger charge is -2.34. The molecule has 3 rings (SSSR count). The van der Waals surface area contributed by atoms with E-state index < -0.39 is 0 Å². The zero-order chi connectivity index (χ0) is 15.2. The predicted molar refractivity (Wildman–Crippen MR) is 81.4 cm³/mol. The van der Waals surface area contributed by atoms with Gasteiger partial charge < -0.3 is 9.64 Å². The van der Waals surface area contributed by atoms with Crippen LogP contribution in [0.5, 0.6) is 5.88 Å². The largest absolute Gasteiger partial charge is 0.476 e. The van der Waals surface area contributed by atoms with Gasteiger partial charge in [-0.2, -0.15) is 5.26 Å². The zero-order valence-corrected chi connectivity index (χ0v) is 12.2. The number of anilines is 1. The number of rotatable bonds is 4. The molecular formula is C16H17N5O. The fourth-order valence-corrected chi connectivity index (χ4v) is 2.72. The molecule has 112 valence electrons. The summed E-state index contributed by atoms with van der Waals surface area (Å²) >= 11 is 0. The highest BCUT2D eigenvalue weighted by molar-refractivity contribution is 5.57. The Bertz CT molecular complexity index is 655. The number of piperidine rings is 1. The van der Waals surface area contributed by atoms with Crippen LogP contribution in [0, 0.1) is 17.2 Å². The number of aromatic nitrogens is 3. The van der Waals surface area contributed by atoms with Crippen molar-refractivity contribution < 1.29 is 4.74 Å². The molecule has 3 heterocycles. The monoisotopic (exact) mass is 295 g/mol. The highest BCUT2D eigenvalue weighted by Crippen LogP contribution is 2.25. The minimum absolute atomic E-state index is 0.405. The third-order valence-corrected chi connectivity index (χ3v) is 3.79. The molecule has 0 amide bonds. The van der Waals surface area contributed by atoms with E-state index in [9.17, 15) is 5.26 Å². The van der Waals surface area contributed by atoms with E-state index in [1.54, 1.807) is 37.1 Å². The van der Waals surface area contributed by atoms with E-state index in [4.69, 9.17) is 4.74 Å². The number of nitriles is 1. The van der Waals surface area contributed by atoms with Gasteiger partial charge in [-0.25, -0.2) is 4.98 Å². The molecule has 0 radical (unpaired) electrons. The van der Waals surface area contributed by atoms with Crippen LogP contribution < -0.4 is 9.64 Å². The van der Waals surface area contributed by atoms with Gasteiger partial charge in [0.2, 0.25) is 5.88 Å². The Morgan fingerprint density at radius 1 is 1.27 bits per heavy atom. The van der Waals surface area contributed by atoms with Crippen LogP contribution in [0.15, 0.2) is 37.1 Å². The molecule has 0 spiro atoms. The maximum absolute atomic E-state index is 9.22. The van der Waals surface area contributed by atoms with E-state index in [-0.39, 0.29) is 0 Å². The highest BCUT2D eigenvalue weighted by atomic mass is 16.5. The van der Waals surface area contributed by atoms with Crippen molar-refractivity contribution in [2.24, 2.45) is 5.92 Å². The van der Waals surface area contributed by atoms with Crippen molar-refractivity contribution in [1.29, 1.82) is 5.26 Å². The molecule has 0 aromatic carbocycles. The molecule has 6 nitrogen and oxygen atoms in total. The lowest BCUT2D eigenvalue weighted by atomic mass is 9.98. The van der Waals surface area contributed by atoms with E-state index in [0.717, 1.165) is 31.6 Å². The summed E-state index contributed by atoms with van der Waals surface area (Å²) in [5.41, 5.74) is 1.58. The van der Waals surface area contributed by atoms with E-state index in [2.05, 4.69) is 25.9 Å². The summed E-state index contributed by atoms with van der Waals surface area (Å²) in [6, 6.07) is 3.99. The molecule has 2 aromatic rings. The second-order valence-electron chi connectivity index (χ2n) is 5.31. The van der Waals surface area contributed by atoms with Gasteiger partial charge >= 0.3 is 0 Å². The molecule has 22 heavy (non-hydrogen) atoms. The highest BCUT2D eigenvalue weighted by Gasteiger charge is 2.22. The number of ether oxygens (including phenoxy) is 1. The molecule has 2 aromatic heterocycles. The predicted octanol–water partition coefficient (Wildman–Crippen LogP) is 2.04. The molecule has 0 saturated carbocycles. The minimum Gasteiger partial charge on any atom is -0.476 e. The number of hydrogen-bond acceptors (Lipinski definition) is 6. The molecule has 1 atom stereocenters. The molecule has 0 bridgehead atoms. The fraction of sp³-hybridized carbons (Fsp3) is 0.375. The summed E-state index contributed by atoms with van der Waals surface area (Å²) in [5, 5.41) is 9.22. The van der Waals surface area contributed by atoms with Gasteiger partial charge in [0, 0.05) is 37.6 Å². The summed E-state index contributed by atoms with van der Waals surface area (Å²) in [7, 11) is 0. The normalized spacial score (nSPS) is 17.8.